The van der Waals surface area contributed by atoms with E-state index < -0.39 is 32.9 Å². The number of pyridine rings is 2. The Morgan fingerprint density at radius 3 is 2.51 bits per heavy atom. The van der Waals surface area contributed by atoms with Gasteiger partial charge in [0.05, 0.1) is 11.8 Å². The standard InChI is InChI=1S/C28H29FN4O5S/c1-5-37-21-14-19(13-20(29)15-21)23-10-9-22(27(34)33-39(35,36)25-8-6-7-24(30)32-25)28(31-23)38-26-17(3)11-16(2)12-18(26)4/h6-13,15,21H,5,14H2,1-4H3,(H2,30,32)(H,33,34). The van der Waals surface area contributed by atoms with E-state index >= 15 is 0 Å². The number of aromatic nitrogens is 2. The SMILES string of the molecule is CCOC1C=C(F)C=C(c2ccc(C(=O)NS(=O)(=O)c3cccc(N)n3)c(Oc3c(C)cc(C)cc3C)n2)C1. The Labute approximate surface area is 226 Å². The lowest BCUT2D eigenvalue weighted by Crippen LogP contribution is -2.31. The smallest absolute Gasteiger partial charge is 0.281 e. The van der Waals surface area contributed by atoms with Gasteiger partial charge < -0.3 is 15.2 Å². The third kappa shape index (κ3) is 6.50. The Hall–Kier alpha value is -4.09. The fourth-order valence-corrected chi connectivity index (χ4v) is 5.27. The number of ether oxygens (including phenoxy) is 2. The first-order valence-electron chi connectivity index (χ1n) is 12.2. The molecule has 2 aromatic heterocycles. The second-order valence-corrected chi connectivity index (χ2v) is 10.8. The molecule has 3 aromatic rings. The summed E-state index contributed by atoms with van der Waals surface area (Å²) in [6, 6.07) is 10.8. The average Bonchev–Trinajstić information content (AvgIpc) is 2.85. The number of hydrogen-bond donors (Lipinski definition) is 2. The van der Waals surface area contributed by atoms with Crippen LogP contribution in [0.4, 0.5) is 10.2 Å². The lowest BCUT2D eigenvalue weighted by Gasteiger charge is -2.20. The summed E-state index contributed by atoms with van der Waals surface area (Å²) < 4.78 is 53.8. The number of benzene rings is 1. The van der Waals surface area contributed by atoms with Gasteiger partial charge in [0.25, 0.3) is 15.9 Å². The maximum Gasteiger partial charge on any atom is 0.281 e. The third-order valence-corrected chi connectivity index (χ3v) is 7.18. The summed E-state index contributed by atoms with van der Waals surface area (Å²) in [7, 11) is -4.35. The van der Waals surface area contributed by atoms with Crippen LogP contribution in [0.2, 0.25) is 0 Å². The van der Waals surface area contributed by atoms with Crippen molar-refractivity contribution in [2.24, 2.45) is 0 Å². The number of rotatable bonds is 8. The average molecular weight is 553 g/mol. The molecule has 9 nitrogen and oxygen atoms in total. The van der Waals surface area contributed by atoms with Crippen LogP contribution in [0.5, 0.6) is 11.6 Å². The summed E-state index contributed by atoms with van der Waals surface area (Å²) >= 11 is 0. The minimum absolute atomic E-state index is 0.0157. The number of carbonyl (C=O) groups is 1. The van der Waals surface area contributed by atoms with Crippen LogP contribution < -0.4 is 15.2 Å². The maximum atomic E-state index is 14.4. The van der Waals surface area contributed by atoms with Crippen molar-refractivity contribution in [1.82, 2.24) is 14.7 Å². The zero-order valence-corrected chi connectivity index (χ0v) is 22.8. The number of anilines is 1. The first-order valence-corrected chi connectivity index (χ1v) is 13.7. The number of nitrogens with zero attached hydrogens (tertiary/aromatic N) is 2. The number of sulfonamides is 1. The van der Waals surface area contributed by atoms with Gasteiger partial charge in [-0.3, -0.25) is 4.79 Å². The molecule has 0 aliphatic heterocycles. The highest BCUT2D eigenvalue weighted by atomic mass is 32.2. The first-order chi connectivity index (χ1) is 18.5. The van der Waals surface area contributed by atoms with E-state index in [9.17, 15) is 17.6 Å². The van der Waals surface area contributed by atoms with Crippen LogP contribution in [0.15, 0.2) is 65.5 Å². The van der Waals surface area contributed by atoms with E-state index in [0.717, 1.165) is 16.7 Å². The van der Waals surface area contributed by atoms with Gasteiger partial charge in [-0.2, -0.15) is 8.42 Å². The van der Waals surface area contributed by atoms with Crippen molar-refractivity contribution in [3.63, 3.8) is 0 Å². The van der Waals surface area contributed by atoms with Gasteiger partial charge in [-0.05, 0) is 80.8 Å². The van der Waals surface area contributed by atoms with E-state index in [0.29, 0.717) is 30.0 Å². The number of nitrogen functional groups attached to an aromatic ring is 1. The number of halogens is 1. The van der Waals surface area contributed by atoms with Gasteiger partial charge in [0.1, 0.15) is 23.0 Å². The molecule has 0 saturated carbocycles. The summed E-state index contributed by atoms with van der Waals surface area (Å²) in [5, 5.41) is -0.412. The van der Waals surface area contributed by atoms with Crippen LogP contribution in [-0.4, -0.2) is 37.0 Å². The highest BCUT2D eigenvalue weighted by Gasteiger charge is 2.26. The van der Waals surface area contributed by atoms with Crippen LogP contribution >= 0.6 is 0 Å². The number of nitrogens with two attached hydrogens (primary N) is 1. The minimum Gasteiger partial charge on any atom is -0.438 e. The van der Waals surface area contributed by atoms with Crippen molar-refractivity contribution < 1.29 is 27.1 Å². The van der Waals surface area contributed by atoms with Crippen LogP contribution in [0, 0.1) is 20.8 Å². The molecule has 0 fully saturated rings. The predicted octanol–water partition coefficient (Wildman–Crippen LogP) is 4.94. The van der Waals surface area contributed by atoms with Gasteiger partial charge in [0.2, 0.25) is 5.88 Å². The van der Waals surface area contributed by atoms with Gasteiger partial charge in [0, 0.05) is 13.0 Å². The molecule has 0 spiro atoms. The molecule has 11 heteroatoms. The van der Waals surface area contributed by atoms with E-state index in [-0.39, 0.29) is 17.3 Å². The quantitative estimate of drug-likeness (QED) is 0.401. The lowest BCUT2D eigenvalue weighted by atomic mass is 9.98. The number of allylic oxidation sites excluding steroid dienone is 2. The fourth-order valence-electron chi connectivity index (χ4n) is 4.33. The first kappa shape index (κ1) is 27.9. The number of hydrogen-bond acceptors (Lipinski definition) is 8. The van der Waals surface area contributed by atoms with Gasteiger partial charge in [-0.25, -0.2) is 19.1 Å². The third-order valence-electron chi connectivity index (χ3n) is 5.94. The molecular formula is C28H29FN4O5S. The molecule has 1 aliphatic rings. The van der Waals surface area contributed by atoms with Crippen molar-refractivity contribution >= 4 is 27.3 Å². The summed E-state index contributed by atoms with van der Waals surface area (Å²) in [6.45, 7) is 7.88. The molecule has 1 unspecified atom stereocenters. The molecule has 39 heavy (non-hydrogen) atoms. The van der Waals surface area contributed by atoms with Crippen molar-refractivity contribution in [1.29, 1.82) is 0 Å². The summed E-state index contributed by atoms with van der Waals surface area (Å²) in [5.41, 5.74) is 8.98. The fraction of sp³-hybridized carbons (Fsp3) is 0.250. The Bertz CT molecular complexity index is 1580. The predicted molar refractivity (Wildman–Crippen MR) is 145 cm³/mol. The largest absolute Gasteiger partial charge is 0.438 e. The minimum atomic E-state index is -4.35. The number of nitrogens with one attached hydrogen (secondary N) is 1. The Morgan fingerprint density at radius 2 is 1.85 bits per heavy atom. The maximum absolute atomic E-state index is 14.4. The van der Waals surface area contributed by atoms with E-state index in [1.807, 2.05) is 44.5 Å². The van der Waals surface area contributed by atoms with Gasteiger partial charge >= 0.3 is 0 Å². The molecule has 3 N–H and O–H groups in total. The summed E-state index contributed by atoms with van der Waals surface area (Å²) in [4.78, 5) is 21.6. The van der Waals surface area contributed by atoms with Crippen LogP contribution in [0.1, 0.15) is 46.1 Å². The highest BCUT2D eigenvalue weighted by Crippen LogP contribution is 2.34. The summed E-state index contributed by atoms with van der Waals surface area (Å²) in [6.07, 6.45) is 2.62. The molecule has 2 heterocycles. The van der Waals surface area contributed by atoms with Crippen molar-refractivity contribution in [2.75, 3.05) is 12.3 Å². The molecule has 4 rings (SSSR count). The molecule has 204 valence electrons. The molecule has 0 saturated heterocycles. The number of amides is 1. The Morgan fingerprint density at radius 1 is 1.13 bits per heavy atom. The van der Waals surface area contributed by atoms with Gasteiger partial charge in [-0.15, -0.1) is 0 Å². The lowest BCUT2D eigenvalue weighted by molar-refractivity contribution is 0.0971. The van der Waals surface area contributed by atoms with Gasteiger partial charge in [-0.1, -0.05) is 23.8 Å². The second-order valence-electron chi connectivity index (χ2n) is 9.13. The molecule has 1 aliphatic carbocycles. The topological polar surface area (TPSA) is 134 Å². The molecular weight excluding hydrogens is 523 g/mol. The zero-order valence-electron chi connectivity index (χ0n) is 22.0. The van der Waals surface area contributed by atoms with E-state index in [2.05, 4.69) is 9.97 Å². The number of aryl methyl sites for hydroxylation is 3. The van der Waals surface area contributed by atoms with Crippen LogP contribution in [-0.2, 0) is 14.8 Å². The van der Waals surface area contributed by atoms with Crippen molar-refractivity contribution in [3.8, 4) is 11.6 Å². The highest BCUT2D eigenvalue weighted by molar-refractivity contribution is 7.90. The summed E-state index contributed by atoms with van der Waals surface area (Å²) in [5.74, 6) is -1.13. The molecule has 1 atom stereocenters. The Balaban J connectivity index is 1.76. The molecule has 0 radical (unpaired) electrons. The van der Waals surface area contributed by atoms with Crippen LogP contribution in [0.25, 0.3) is 5.57 Å². The van der Waals surface area contributed by atoms with E-state index in [1.54, 1.807) is 0 Å². The molecule has 1 aromatic carbocycles. The second kappa shape index (κ2) is 11.3. The van der Waals surface area contributed by atoms with Crippen LogP contribution in [0.3, 0.4) is 0 Å². The van der Waals surface area contributed by atoms with Crippen molar-refractivity contribution in [2.45, 2.75) is 45.2 Å². The molecule has 0 bridgehead atoms. The zero-order chi connectivity index (χ0) is 28.3. The Kier molecular flexibility index (Phi) is 8.12. The monoisotopic (exact) mass is 552 g/mol. The van der Waals surface area contributed by atoms with E-state index in [1.165, 1.54) is 42.5 Å². The van der Waals surface area contributed by atoms with E-state index in [4.69, 9.17) is 15.2 Å². The normalized spacial score (nSPS) is 15.4. The van der Waals surface area contributed by atoms with Crippen molar-refractivity contribution in [3.05, 3.63) is 88.4 Å². The molecule has 1 amide bonds. The number of carbonyl (C=O) groups excluding carboxylic acids is 1. The van der Waals surface area contributed by atoms with Gasteiger partial charge in [0.15, 0.2) is 5.03 Å².